The Morgan fingerprint density at radius 2 is 1.41 bits per heavy atom. The second-order valence-corrected chi connectivity index (χ2v) is 8.20. The van der Waals surface area contributed by atoms with E-state index >= 15 is 0 Å². The molecule has 0 heterocycles. The largest absolute Gasteiger partial charge is 0.389 e. The highest BCUT2D eigenvalue weighted by Crippen LogP contribution is 2.92. The monoisotopic (exact) mass is 234 g/mol. The van der Waals surface area contributed by atoms with Gasteiger partial charge < -0.3 is 5.11 Å². The van der Waals surface area contributed by atoms with Crippen LogP contribution >= 0.6 is 0 Å². The maximum atomic E-state index is 11.3. The molecule has 0 radical (unpaired) electrons. The summed E-state index contributed by atoms with van der Waals surface area (Å²) in [6.45, 7) is 7.43. The van der Waals surface area contributed by atoms with Gasteiger partial charge >= 0.3 is 0 Å². The molecule has 1 N–H and O–H groups in total. The Hall–Kier alpha value is -0.0400. The minimum atomic E-state index is -0.323. The molecular formula is C16H26O. The minimum absolute atomic E-state index is 0.268. The highest BCUT2D eigenvalue weighted by atomic mass is 16.3. The van der Waals surface area contributed by atoms with Crippen molar-refractivity contribution in [2.75, 3.05) is 0 Å². The number of rotatable bonds is 1. The molecule has 1 nitrogen and oxygen atoms in total. The van der Waals surface area contributed by atoms with Crippen LogP contribution in [0.5, 0.6) is 0 Å². The van der Waals surface area contributed by atoms with Crippen LogP contribution in [0.4, 0.5) is 0 Å². The van der Waals surface area contributed by atoms with E-state index in [1.807, 2.05) is 0 Å². The maximum Gasteiger partial charge on any atom is 0.0709 e. The van der Waals surface area contributed by atoms with Gasteiger partial charge in [-0.2, -0.15) is 0 Å². The smallest absolute Gasteiger partial charge is 0.0709 e. The molecule has 96 valence electrons. The number of hydrogen-bond donors (Lipinski definition) is 1. The van der Waals surface area contributed by atoms with Gasteiger partial charge in [0, 0.05) is 5.41 Å². The first-order valence-electron chi connectivity index (χ1n) is 7.62. The molecule has 4 bridgehead atoms. The Bertz CT molecular complexity index is 363. The van der Waals surface area contributed by atoms with Gasteiger partial charge in [-0.15, -0.1) is 0 Å². The summed E-state index contributed by atoms with van der Waals surface area (Å²) in [6.07, 6.45) is 8.65. The van der Waals surface area contributed by atoms with E-state index in [0.29, 0.717) is 10.8 Å². The van der Waals surface area contributed by atoms with Gasteiger partial charge in [-0.25, -0.2) is 0 Å². The molecule has 0 saturated heterocycles. The molecule has 1 heteroatoms. The van der Waals surface area contributed by atoms with E-state index in [0.717, 1.165) is 24.7 Å². The van der Waals surface area contributed by atoms with Crippen LogP contribution in [0.1, 0.15) is 65.7 Å². The van der Waals surface area contributed by atoms with Gasteiger partial charge in [-0.1, -0.05) is 40.0 Å². The van der Waals surface area contributed by atoms with Crippen LogP contribution in [0.25, 0.3) is 0 Å². The van der Waals surface area contributed by atoms with Gasteiger partial charge in [0.2, 0.25) is 0 Å². The van der Waals surface area contributed by atoms with Crippen molar-refractivity contribution in [3.63, 3.8) is 0 Å². The highest BCUT2D eigenvalue weighted by molar-refractivity contribution is 5.36. The SMILES string of the molecule is CC12C3CC(C4(O)CCCCC4)(CC31)C2(C)C. The Morgan fingerprint density at radius 1 is 0.882 bits per heavy atom. The van der Waals surface area contributed by atoms with E-state index in [-0.39, 0.29) is 11.0 Å². The summed E-state index contributed by atoms with van der Waals surface area (Å²) >= 11 is 0. The number of aliphatic hydroxyl groups is 1. The van der Waals surface area contributed by atoms with E-state index < -0.39 is 0 Å². The fraction of sp³-hybridized carbons (Fsp3) is 1.00. The molecule has 0 aromatic carbocycles. The Labute approximate surface area is 105 Å². The first-order chi connectivity index (χ1) is 7.89. The van der Waals surface area contributed by atoms with Crippen LogP contribution in [0, 0.1) is 28.1 Å². The second-order valence-electron chi connectivity index (χ2n) is 8.20. The van der Waals surface area contributed by atoms with Crippen LogP contribution in [0.15, 0.2) is 0 Å². The Balaban J connectivity index is 1.79. The standard InChI is InChI=1S/C16H26O/c1-13(2)14(3)11-9-15(13,10-12(11)14)16(17)7-5-4-6-8-16/h11-12,17H,4-10H2,1-3H3. The van der Waals surface area contributed by atoms with Crippen LogP contribution in [0.3, 0.4) is 0 Å². The number of hydrogen-bond acceptors (Lipinski definition) is 1. The van der Waals surface area contributed by atoms with Crippen LogP contribution in [-0.4, -0.2) is 10.7 Å². The Kier molecular flexibility index (Phi) is 1.67. The first kappa shape index (κ1) is 10.8. The molecule has 0 aromatic rings. The van der Waals surface area contributed by atoms with Crippen LogP contribution in [-0.2, 0) is 0 Å². The van der Waals surface area contributed by atoms with Gasteiger partial charge in [0.25, 0.3) is 0 Å². The van der Waals surface area contributed by atoms with E-state index in [2.05, 4.69) is 20.8 Å². The molecule has 0 amide bonds. The van der Waals surface area contributed by atoms with Gasteiger partial charge in [0.1, 0.15) is 0 Å². The summed E-state index contributed by atoms with van der Waals surface area (Å²) in [5, 5.41) is 11.3. The molecule has 5 aliphatic rings. The quantitative estimate of drug-likeness (QED) is 0.732. The normalized spacial score (nSPS) is 57.2. The maximum absolute atomic E-state index is 11.3. The average molecular weight is 234 g/mol. The lowest BCUT2D eigenvalue weighted by molar-refractivity contribution is -0.147. The van der Waals surface area contributed by atoms with Gasteiger partial charge in [0.05, 0.1) is 5.60 Å². The predicted octanol–water partition coefficient (Wildman–Crippen LogP) is 3.75. The summed E-state index contributed by atoms with van der Waals surface area (Å²) in [4.78, 5) is 0. The van der Waals surface area contributed by atoms with Crippen molar-refractivity contribution in [2.24, 2.45) is 28.1 Å². The zero-order valence-electron chi connectivity index (χ0n) is 11.6. The van der Waals surface area contributed by atoms with Crippen molar-refractivity contribution in [1.82, 2.24) is 0 Å². The van der Waals surface area contributed by atoms with Gasteiger partial charge in [-0.3, -0.25) is 0 Å². The highest BCUT2D eigenvalue weighted by Gasteiger charge is 2.88. The van der Waals surface area contributed by atoms with E-state index in [9.17, 15) is 5.11 Å². The molecule has 17 heavy (non-hydrogen) atoms. The first-order valence-corrected chi connectivity index (χ1v) is 7.62. The van der Waals surface area contributed by atoms with E-state index in [1.165, 1.54) is 32.1 Å². The second kappa shape index (κ2) is 2.61. The molecule has 0 aliphatic heterocycles. The zero-order chi connectivity index (χ0) is 12.1. The predicted molar refractivity (Wildman–Crippen MR) is 68.6 cm³/mol. The van der Waals surface area contributed by atoms with Crippen molar-refractivity contribution in [2.45, 2.75) is 71.3 Å². The summed E-state index contributed by atoms with van der Waals surface area (Å²) < 4.78 is 0. The minimum Gasteiger partial charge on any atom is -0.389 e. The third-order valence-electron chi connectivity index (χ3n) is 8.17. The van der Waals surface area contributed by atoms with Crippen molar-refractivity contribution in [3.8, 4) is 0 Å². The zero-order valence-corrected chi connectivity index (χ0v) is 11.6. The van der Waals surface area contributed by atoms with Crippen molar-refractivity contribution in [1.29, 1.82) is 0 Å². The third-order valence-corrected chi connectivity index (χ3v) is 8.17. The Morgan fingerprint density at radius 3 is 1.82 bits per heavy atom. The van der Waals surface area contributed by atoms with Gasteiger partial charge in [0.15, 0.2) is 0 Å². The van der Waals surface area contributed by atoms with E-state index in [1.54, 1.807) is 0 Å². The van der Waals surface area contributed by atoms with Crippen molar-refractivity contribution in [3.05, 3.63) is 0 Å². The fourth-order valence-corrected chi connectivity index (χ4v) is 6.77. The third kappa shape index (κ3) is 0.837. The van der Waals surface area contributed by atoms with Crippen LogP contribution in [0.2, 0.25) is 0 Å². The van der Waals surface area contributed by atoms with Crippen LogP contribution < -0.4 is 0 Å². The molecule has 5 saturated carbocycles. The summed E-state index contributed by atoms with van der Waals surface area (Å²) in [6, 6.07) is 0. The van der Waals surface area contributed by atoms with E-state index in [4.69, 9.17) is 0 Å². The molecule has 5 aliphatic carbocycles. The van der Waals surface area contributed by atoms with Gasteiger partial charge in [-0.05, 0) is 48.3 Å². The molecule has 2 atom stereocenters. The average Bonchev–Trinajstić information content (AvgIpc) is 2.63. The molecule has 5 fully saturated rings. The fourth-order valence-electron chi connectivity index (χ4n) is 6.77. The topological polar surface area (TPSA) is 20.2 Å². The molecule has 5 rings (SSSR count). The summed E-state index contributed by atoms with van der Waals surface area (Å²) in [5.74, 6) is 1.90. The molecule has 0 spiro atoms. The lowest BCUT2D eigenvalue weighted by Gasteiger charge is -2.53. The molecular weight excluding hydrogens is 208 g/mol. The lowest BCUT2D eigenvalue weighted by Crippen LogP contribution is -2.54. The van der Waals surface area contributed by atoms with Crippen molar-refractivity contribution >= 4 is 0 Å². The molecule has 0 aromatic heterocycles. The lowest BCUT2D eigenvalue weighted by atomic mass is 9.54. The molecule has 2 unspecified atom stereocenters. The van der Waals surface area contributed by atoms with Crippen molar-refractivity contribution < 1.29 is 5.11 Å². The summed E-state index contributed by atoms with van der Waals surface area (Å²) in [5.41, 5.74) is 0.877. The summed E-state index contributed by atoms with van der Waals surface area (Å²) in [7, 11) is 0.